The smallest absolute Gasteiger partial charge is 0.261 e. The van der Waals surface area contributed by atoms with Crippen LogP contribution in [0.15, 0.2) is 71.6 Å². The summed E-state index contributed by atoms with van der Waals surface area (Å²) in [5.74, 6) is -1.14. The zero-order chi connectivity index (χ0) is 21.9. The fraction of sp³-hybridized carbons (Fsp3) is 0.143. The lowest BCUT2D eigenvalue weighted by Gasteiger charge is -2.11. The second-order valence-electron chi connectivity index (χ2n) is 6.88. The van der Waals surface area contributed by atoms with Gasteiger partial charge in [0.2, 0.25) is 10.0 Å². The normalized spacial score (nSPS) is 11.8. The lowest BCUT2D eigenvalue weighted by Crippen LogP contribution is -2.16. The molecular formula is C21H21FN2O4S2. The zero-order valence-corrected chi connectivity index (χ0v) is 18.0. The molecule has 0 atom stereocenters. The highest BCUT2D eigenvalue weighted by Gasteiger charge is 2.17. The highest BCUT2D eigenvalue weighted by Crippen LogP contribution is 2.21. The molecular weight excluding hydrogens is 427 g/mol. The molecule has 0 saturated heterocycles. The zero-order valence-electron chi connectivity index (χ0n) is 16.4. The summed E-state index contributed by atoms with van der Waals surface area (Å²) in [6, 6.07) is 16.1. The van der Waals surface area contributed by atoms with E-state index < -0.39 is 31.6 Å². The maximum absolute atomic E-state index is 13.7. The molecule has 0 bridgehead atoms. The Hall–Kier alpha value is -2.91. The predicted molar refractivity (Wildman–Crippen MR) is 116 cm³/mol. The van der Waals surface area contributed by atoms with Crippen molar-refractivity contribution in [2.24, 2.45) is 0 Å². The molecule has 30 heavy (non-hydrogen) atoms. The first-order valence-electron chi connectivity index (χ1n) is 9.00. The van der Waals surface area contributed by atoms with Gasteiger partial charge in [0.15, 0.2) is 0 Å². The van der Waals surface area contributed by atoms with E-state index in [1.807, 2.05) is 19.9 Å². The Kier molecular flexibility index (Phi) is 6.14. The third kappa shape index (κ3) is 5.37. The quantitative estimate of drug-likeness (QED) is 0.567. The standard InChI is InChI=1S/C21H21FN2O4S2/c1-15-7-8-19(13-16(15)2)24-30(27,28)20-11-9-18(10-12-20)23-29(25,26)14-17-5-3-4-6-21(17)22/h3-13,23-24H,14H2,1-2H3. The molecule has 0 aromatic heterocycles. The predicted octanol–water partition coefficient (Wildman–Crippen LogP) is 4.19. The van der Waals surface area contributed by atoms with E-state index in [-0.39, 0.29) is 16.1 Å². The number of benzene rings is 3. The van der Waals surface area contributed by atoms with Gasteiger partial charge in [-0.2, -0.15) is 0 Å². The Morgan fingerprint density at radius 2 is 1.40 bits per heavy atom. The highest BCUT2D eigenvalue weighted by atomic mass is 32.2. The van der Waals surface area contributed by atoms with Crippen molar-refractivity contribution in [3.05, 3.63) is 89.2 Å². The van der Waals surface area contributed by atoms with Crippen LogP contribution in [0.2, 0.25) is 0 Å². The molecule has 0 amide bonds. The number of nitrogens with one attached hydrogen (secondary N) is 2. The van der Waals surface area contributed by atoms with Crippen molar-refractivity contribution in [3.63, 3.8) is 0 Å². The second-order valence-corrected chi connectivity index (χ2v) is 10.3. The fourth-order valence-electron chi connectivity index (χ4n) is 2.76. The maximum atomic E-state index is 13.7. The van der Waals surface area contributed by atoms with Gasteiger partial charge < -0.3 is 0 Å². The van der Waals surface area contributed by atoms with Crippen molar-refractivity contribution in [1.82, 2.24) is 0 Å². The topological polar surface area (TPSA) is 92.3 Å². The maximum Gasteiger partial charge on any atom is 0.261 e. The van der Waals surface area contributed by atoms with Crippen molar-refractivity contribution in [3.8, 4) is 0 Å². The summed E-state index contributed by atoms with van der Waals surface area (Å²) >= 11 is 0. The van der Waals surface area contributed by atoms with Crippen LogP contribution in [0.4, 0.5) is 15.8 Å². The summed E-state index contributed by atoms with van der Waals surface area (Å²) in [5, 5.41) is 0. The summed E-state index contributed by atoms with van der Waals surface area (Å²) in [4.78, 5) is -0.0159. The van der Waals surface area contributed by atoms with Crippen LogP contribution >= 0.6 is 0 Å². The van der Waals surface area contributed by atoms with Crippen LogP contribution in [0, 0.1) is 19.7 Å². The van der Waals surface area contributed by atoms with Gasteiger partial charge in [-0.25, -0.2) is 21.2 Å². The van der Waals surface area contributed by atoms with E-state index in [1.165, 1.54) is 42.5 Å². The Balaban J connectivity index is 1.73. The van der Waals surface area contributed by atoms with Crippen molar-refractivity contribution < 1.29 is 21.2 Å². The molecule has 3 aromatic carbocycles. The van der Waals surface area contributed by atoms with E-state index in [2.05, 4.69) is 9.44 Å². The molecule has 6 nitrogen and oxygen atoms in total. The van der Waals surface area contributed by atoms with Gasteiger partial charge in [-0.1, -0.05) is 24.3 Å². The number of sulfonamides is 2. The van der Waals surface area contributed by atoms with E-state index in [1.54, 1.807) is 18.2 Å². The molecule has 0 aliphatic heterocycles. The third-order valence-corrected chi connectivity index (χ3v) is 7.14. The van der Waals surface area contributed by atoms with Crippen LogP contribution in [0.25, 0.3) is 0 Å². The van der Waals surface area contributed by atoms with Crippen molar-refractivity contribution in [1.29, 1.82) is 0 Å². The minimum Gasteiger partial charge on any atom is -0.283 e. The molecule has 2 N–H and O–H groups in total. The minimum atomic E-state index is -3.87. The van der Waals surface area contributed by atoms with Crippen molar-refractivity contribution in [2.45, 2.75) is 24.5 Å². The van der Waals surface area contributed by atoms with Crippen molar-refractivity contribution in [2.75, 3.05) is 9.44 Å². The number of hydrogen-bond donors (Lipinski definition) is 2. The number of rotatable bonds is 7. The number of aryl methyl sites for hydroxylation is 2. The lowest BCUT2D eigenvalue weighted by molar-refractivity contribution is 0.591. The Morgan fingerprint density at radius 3 is 2.03 bits per heavy atom. The molecule has 158 valence electrons. The van der Waals surface area contributed by atoms with Gasteiger partial charge in [0, 0.05) is 16.9 Å². The van der Waals surface area contributed by atoms with Crippen LogP contribution < -0.4 is 9.44 Å². The van der Waals surface area contributed by atoms with E-state index in [4.69, 9.17) is 0 Å². The first-order valence-corrected chi connectivity index (χ1v) is 12.1. The first kappa shape index (κ1) is 21.8. The van der Waals surface area contributed by atoms with E-state index in [0.29, 0.717) is 5.69 Å². The Bertz CT molecular complexity index is 1270. The van der Waals surface area contributed by atoms with E-state index in [0.717, 1.165) is 11.1 Å². The van der Waals surface area contributed by atoms with Gasteiger partial charge in [0.1, 0.15) is 5.82 Å². The van der Waals surface area contributed by atoms with Gasteiger partial charge in [-0.05, 0) is 67.4 Å². The molecule has 9 heteroatoms. The lowest BCUT2D eigenvalue weighted by atomic mass is 10.1. The number of halogens is 1. The molecule has 0 unspecified atom stereocenters. The SMILES string of the molecule is Cc1ccc(NS(=O)(=O)c2ccc(NS(=O)(=O)Cc3ccccc3F)cc2)cc1C. The summed E-state index contributed by atoms with van der Waals surface area (Å²) in [7, 11) is -7.71. The van der Waals surface area contributed by atoms with Gasteiger partial charge in [0.05, 0.1) is 10.6 Å². The summed E-state index contributed by atoms with van der Waals surface area (Å²) in [6.07, 6.45) is 0. The third-order valence-electron chi connectivity index (χ3n) is 4.50. The molecule has 0 heterocycles. The van der Waals surface area contributed by atoms with Crippen LogP contribution in [0.1, 0.15) is 16.7 Å². The van der Waals surface area contributed by atoms with Crippen LogP contribution in [0.5, 0.6) is 0 Å². The molecule has 0 fully saturated rings. The average Bonchev–Trinajstić information content (AvgIpc) is 2.66. The van der Waals surface area contributed by atoms with Gasteiger partial charge >= 0.3 is 0 Å². The largest absolute Gasteiger partial charge is 0.283 e. The molecule has 3 aromatic rings. The van der Waals surface area contributed by atoms with E-state index >= 15 is 0 Å². The summed E-state index contributed by atoms with van der Waals surface area (Å²) < 4.78 is 68.3. The highest BCUT2D eigenvalue weighted by molar-refractivity contribution is 7.92. The van der Waals surface area contributed by atoms with Gasteiger partial charge in [-0.3, -0.25) is 9.44 Å². The number of hydrogen-bond acceptors (Lipinski definition) is 4. The molecule has 0 radical (unpaired) electrons. The first-order chi connectivity index (χ1) is 14.1. The summed E-state index contributed by atoms with van der Waals surface area (Å²) in [5.41, 5.74) is 2.66. The second kappa shape index (κ2) is 8.45. The van der Waals surface area contributed by atoms with Crippen molar-refractivity contribution >= 4 is 31.4 Å². The van der Waals surface area contributed by atoms with E-state index in [9.17, 15) is 21.2 Å². The monoisotopic (exact) mass is 448 g/mol. The average molecular weight is 449 g/mol. The van der Waals surface area contributed by atoms with Crippen LogP contribution in [0.3, 0.4) is 0 Å². The molecule has 0 aliphatic rings. The van der Waals surface area contributed by atoms with Gasteiger partial charge in [0.25, 0.3) is 10.0 Å². The fourth-order valence-corrected chi connectivity index (χ4v) is 5.02. The van der Waals surface area contributed by atoms with Crippen LogP contribution in [-0.2, 0) is 25.8 Å². The Morgan fingerprint density at radius 1 is 0.767 bits per heavy atom. The minimum absolute atomic E-state index is 0.0159. The summed E-state index contributed by atoms with van der Waals surface area (Å²) in [6.45, 7) is 3.81. The molecule has 0 spiro atoms. The van der Waals surface area contributed by atoms with Crippen LogP contribution in [-0.4, -0.2) is 16.8 Å². The molecule has 0 saturated carbocycles. The molecule has 0 aliphatic carbocycles. The Labute approximate surface area is 175 Å². The number of anilines is 2. The molecule has 3 rings (SSSR count). The van der Waals surface area contributed by atoms with Gasteiger partial charge in [-0.15, -0.1) is 0 Å².